The summed E-state index contributed by atoms with van der Waals surface area (Å²) in [7, 11) is 1.40. The van der Waals surface area contributed by atoms with E-state index in [1.54, 1.807) is 88.4 Å². The van der Waals surface area contributed by atoms with Gasteiger partial charge in [0.15, 0.2) is 0 Å². The number of carbonyl (C=O) groups excluding carboxylic acids is 8. The molecule has 0 spiro atoms. The SMILES string of the molecule is CCCCCC(=O)NC(CC(=O)O)C(=O)NC1C(=O)NC(CC(C)C)C(=O)NC2CCC(O)N(C2=O)C(Cc2ccccc2)C(=O)N(C)C(Cc2ccccc2)C(=O)NC(C(C)C)C(=O)OC1C. The highest BCUT2D eigenvalue weighted by atomic mass is 16.5. The first-order valence-corrected chi connectivity index (χ1v) is 23.5. The van der Waals surface area contributed by atoms with E-state index in [1.807, 2.05) is 6.92 Å². The van der Waals surface area contributed by atoms with Crippen molar-refractivity contribution in [2.75, 3.05) is 7.05 Å². The number of hydrogen-bond acceptors (Lipinski definition) is 11. The second-order valence-corrected chi connectivity index (χ2v) is 18.4. The number of nitrogens with one attached hydrogen (secondary N) is 5. The lowest BCUT2D eigenvalue weighted by atomic mass is 9.95. The molecule has 19 heteroatoms. The Morgan fingerprint density at radius 2 is 1.40 bits per heavy atom. The average molecular weight is 948 g/mol. The molecule has 7 N–H and O–H groups in total. The Morgan fingerprint density at radius 3 is 1.96 bits per heavy atom. The maximum atomic E-state index is 15.0. The first-order valence-electron chi connectivity index (χ1n) is 23.5. The number of aliphatic hydroxyl groups is 1. The third-order valence-corrected chi connectivity index (χ3v) is 12.1. The first-order chi connectivity index (χ1) is 32.2. The van der Waals surface area contributed by atoms with Crippen LogP contribution in [0.3, 0.4) is 0 Å². The number of benzene rings is 2. The number of rotatable bonds is 16. The van der Waals surface area contributed by atoms with Crippen molar-refractivity contribution in [3.8, 4) is 0 Å². The topological polar surface area (TPSA) is 270 Å². The van der Waals surface area contributed by atoms with Gasteiger partial charge in [-0.05, 0) is 55.6 Å². The van der Waals surface area contributed by atoms with Crippen LogP contribution in [0.5, 0.6) is 0 Å². The number of fused-ring (bicyclic) bond motifs is 2. The molecule has 0 saturated carbocycles. The normalized spacial score (nSPS) is 25.0. The minimum absolute atomic E-state index is 0.00747. The molecule has 0 radical (unpaired) electrons. The van der Waals surface area contributed by atoms with Crippen molar-refractivity contribution >= 4 is 53.3 Å². The van der Waals surface area contributed by atoms with Crippen LogP contribution < -0.4 is 26.6 Å². The van der Waals surface area contributed by atoms with Crippen molar-refractivity contribution in [3.05, 3.63) is 71.8 Å². The summed E-state index contributed by atoms with van der Waals surface area (Å²) in [6.07, 6.45) is -2.08. The molecule has 0 aromatic heterocycles. The van der Waals surface area contributed by atoms with Crippen LogP contribution in [0.15, 0.2) is 60.7 Å². The van der Waals surface area contributed by atoms with Crippen LogP contribution in [0, 0.1) is 11.8 Å². The summed E-state index contributed by atoms with van der Waals surface area (Å²) in [5.41, 5.74) is 1.29. The third-order valence-electron chi connectivity index (χ3n) is 12.1. The van der Waals surface area contributed by atoms with E-state index in [2.05, 4.69) is 26.6 Å². The fraction of sp³-hybridized carbons (Fsp3) is 0.571. The zero-order valence-electron chi connectivity index (χ0n) is 40.1. The van der Waals surface area contributed by atoms with Gasteiger partial charge in [0.05, 0.1) is 6.42 Å². The van der Waals surface area contributed by atoms with Crippen molar-refractivity contribution in [1.82, 2.24) is 36.4 Å². The molecule has 2 aromatic carbocycles. The minimum atomic E-state index is -1.80. The average Bonchev–Trinajstić information content (AvgIpc) is 3.28. The van der Waals surface area contributed by atoms with Gasteiger partial charge in [-0.2, -0.15) is 0 Å². The zero-order chi connectivity index (χ0) is 50.2. The molecule has 2 heterocycles. The second-order valence-electron chi connectivity index (χ2n) is 18.4. The van der Waals surface area contributed by atoms with Gasteiger partial charge in [-0.3, -0.25) is 38.4 Å². The second kappa shape index (κ2) is 25.7. The number of carboxylic acids is 1. The van der Waals surface area contributed by atoms with Crippen LogP contribution in [0.1, 0.15) is 104 Å². The molecule has 68 heavy (non-hydrogen) atoms. The van der Waals surface area contributed by atoms with Gasteiger partial charge in [-0.1, -0.05) is 108 Å². The van der Waals surface area contributed by atoms with Gasteiger partial charge in [0.2, 0.25) is 41.4 Å². The van der Waals surface area contributed by atoms with Crippen LogP contribution in [-0.2, 0) is 60.7 Å². The summed E-state index contributed by atoms with van der Waals surface area (Å²) in [6, 6.07) is 7.41. The lowest BCUT2D eigenvalue weighted by Gasteiger charge is -2.43. The highest BCUT2D eigenvalue weighted by Crippen LogP contribution is 2.25. The largest absolute Gasteiger partial charge is 0.481 e. The van der Waals surface area contributed by atoms with Crippen molar-refractivity contribution in [2.45, 2.75) is 160 Å². The van der Waals surface area contributed by atoms with Gasteiger partial charge in [-0.25, -0.2) is 4.79 Å². The summed E-state index contributed by atoms with van der Waals surface area (Å²) in [5.74, 6) is -9.14. The number of carboxylic acid groups (broad SMARTS) is 1. The predicted octanol–water partition coefficient (Wildman–Crippen LogP) is 1.73. The number of hydrogen-bond donors (Lipinski definition) is 7. The van der Waals surface area contributed by atoms with E-state index >= 15 is 0 Å². The first kappa shape index (κ1) is 54.2. The molecule has 9 atom stereocenters. The highest BCUT2D eigenvalue weighted by Gasteiger charge is 2.46. The standard InChI is InChI=1S/C49H69N7O12/c1-8-9-12-21-38(57)50-35(27-40(59)60)44(62)54-42-30(6)68-49(67)41(29(4)5)53-45(63)36(25-31-17-13-10-14-18-31)55(7)48(66)37(26-32-19-15-11-16-20-32)56-39(58)23-22-33(47(56)65)51-43(61)34(24-28(2)3)52-46(42)64/h10-11,13-20,28-30,33-37,39,41-42,58H,8-9,12,21-27H2,1-7H3,(H,50,57)(H,51,61)(H,52,64)(H,53,63)(H,54,62)(H,59,60). The van der Waals surface area contributed by atoms with Crippen LogP contribution >= 0.6 is 0 Å². The molecular weight excluding hydrogens is 879 g/mol. The third kappa shape index (κ3) is 15.3. The number of aliphatic carboxylic acids is 1. The van der Waals surface area contributed by atoms with E-state index in [4.69, 9.17) is 4.74 Å². The lowest BCUT2D eigenvalue weighted by molar-refractivity contribution is -0.165. The van der Waals surface area contributed by atoms with E-state index in [0.717, 1.165) is 11.3 Å². The molecule has 19 nitrogen and oxygen atoms in total. The number of nitrogens with zero attached hydrogens (tertiary/aromatic N) is 2. The Hall–Kier alpha value is -6.37. The van der Waals surface area contributed by atoms with Gasteiger partial charge in [0, 0.05) is 26.3 Å². The molecule has 2 fully saturated rings. The van der Waals surface area contributed by atoms with Gasteiger partial charge in [0.25, 0.3) is 0 Å². The fourth-order valence-corrected chi connectivity index (χ4v) is 8.32. The zero-order valence-corrected chi connectivity index (χ0v) is 40.1. The number of esters is 1. The number of cyclic esters (lactones) is 1. The molecule has 2 saturated heterocycles. The number of aliphatic hydroxyl groups excluding tert-OH is 1. The van der Waals surface area contributed by atoms with Crippen LogP contribution in [-0.4, -0.2) is 135 Å². The molecule has 372 valence electrons. The number of unbranched alkanes of at least 4 members (excludes halogenated alkanes) is 2. The fourth-order valence-electron chi connectivity index (χ4n) is 8.32. The Balaban J connectivity index is 1.85. The minimum Gasteiger partial charge on any atom is -0.481 e. The predicted molar refractivity (Wildman–Crippen MR) is 249 cm³/mol. The van der Waals surface area contributed by atoms with Crippen LogP contribution in [0.4, 0.5) is 0 Å². The van der Waals surface area contributed by atoms with Gasteiger partial charge >= 0.3 is 11.9 Å². The van der Waals surface area contributed by atoms with Crippen molar-refractivity contribution in [1.29, 1.82) is 0 Å². The molecule has 2 aromatic rings. The lowest BCUT2D eigenvalue weighted by Crippen LogP contribution is -2.65. The maximum Gasteiger partial charge on any atom is 0.329 e. The van der Waals surface area contributed by atoms with Crippen molar-refractivity contribution in [3.63, 3.8) is 0 Å². The molecule has 9 unspecified atom stereocenters. The summed E-state index contributed by atoms with van der Waals surface area (Å²) >= 11 is 0. The molecule has 0 aliphatic carbocycles. The summed E-state index contributed by atoms with van der Waals surface area (Å²) in [5, 5.41) is 34.2. The number of amides is 7. The van der Waals surface area contributed by atoms with E-state index in [1.165, 1.54) is 18.9 Å². The molecular formula is C49H69N7O12. The molecule has 2 aliphatic rings. The van der Waals surface area contributed by atoms with Crippen LogP contribution in [0.2, 0.25) is 0 Å². The highest BCUT2D eigenvalue weighted by molar-refractivity contribution is 5.99. The Labute approximate surface area is 397 Å². The number of likely N-dealkylation sites (N-methyl/N-ethyl adjacent to an activating group) is 1. The number of carbonyl (C=O) groups is 9. The molecule has 2 bridgehead atoms. The van der Waals surface area contributed by atoms with Crippen molar-refractivity contribution in [2.24, 2.45) is 11.8 Å². The Bertz CT molecular complexity index is 2090. The summed E-state index contributed by atoms with van der Waals surface area (Å²) < 4.78 is 5.85. The van der Waals surface area contributed by atoms with Gasteiger partial charge in [0.1, 0.15) is 54.6 Å². The number of ether oxygens (including phenoxy) is 1. The van der Waals surface area contributed by atoms with E-state index in [-0.39, 0.29) is 44.4 Å². The summed E-state index contributed by atoms with van der Waals surface area (Å²) in [6.45, 7) is 10.0. The number of piperidine rings is 1. The monoisotopic (exact) mass is 948 g/mol. The summed E-state index contributed by atoms with van der Waals surface area (Å²) in [4.78, 5) is 128. The smallest absolute Gasteiger partial charge is 0.329 e. The van der Waals surface area contributed by atoms with E-state index in [9.17, 15) is 53.4 Å². The van der Waals surface area contributed by atoms with Gasteiger partial charge < -0.3 is 51.3 Å². The van der Waals surface area contributed by atoms with E-state index in [0.29, 0.717) is 24.0 Å². The molecule has 7 amide bonds. The van der Waals surface area contributed by atoms with Crippen molar-refractivity contribution < 1.29 is 58.1 Å². The molecule has 4 rings (SSSR count). The Morgan fingerprint density at radius 1 is 0.794 bits per heavy atom. The van der Waals surface area contributed by atoms with E-state index < -0.39 is 120 Å². The molecule has 2 aliphatic heterocycles. The van der Waals surface area contributed by atoms with Gasteiger partial charge in [-0.15, -0.1) is 0 Å². The Kier molecular flexibility index (Phi) is 20.5. The van der Waals surface area contributed by atoms with Crippen LogP contribution in [0.25, 0.3) is 0 Å². The quantitative estimate of drug-likeness (QED) is 0.0938. The maximum absolute atomic E-state index is 15.0.